The topological polar surface area (TPSA) is 21.3 Å². The number of benzene rings is 1. The Morgan fingerprint density at radius 2 is 2.00 bits per heavy atom. The first-order chi connectivity index (χ1) is 9.16. The van der Waals surface area contributed by atoms with Gasteiger partial charge in [0, 0.05) is 18.0 Å². The van der Waals surface area contributed by atoms with E-state index in [1.165, 1.54) is 18.4 Å². The lowest BCUT2D eigenvalue weighted by atomic mass is 9.95. The highest BCUT2D eigenvalue weighted by atomic mass is 16.5. The lowest BCUT2D eigenvalue weighted by molar-refractivity contribution is 0.0803. The van der Waals surface area contributed by atoms with E-state index in [1.807, 2.05) is 18.2 Å². The van der Waals surface area contributed by atoms with E-state index in [-0.39, 0.29) is 5.41 Å². The Balaban J connectivity index is 1.61. The van der Waals surface area contributed by atoms with Crippen molar-refractivity contribution >= 4 is 6.08 Å². The van der Waals surface area contributed by atoms with E-state index in [0.717, 1.165) is 19.2 Å². The van der Waals surface area contributed by atoms with Gasteiger partial charge in [-0.25, -0.2) is 0 Å². The molecule has 2 rings (SSSR count). The average molecular weight is 259 g/mol. The zero-order chi connectivity index (χ0) is 13.6. The van der Waals surface area contributed by atoms with Crippen molar-refractivity contribution < 1.29 is 4.74 Å². The largest absolute Gasteiger partial charge is 0.377 e. The van der Waals surface area contributed by atoms with Gasteiger partial charge in [0.15, 0.2) is 0 Å². The Labute approximate surface area is 116 Å². The van der Waals surface area contributed by atoms with Gasteiger partial charge in [0.2, 0.25) is 0 Å². The van der Waals surface area contributed by atoms with Gasteiger partial charge in [0.25, 0.3) is 0 Å². The van der Waals surface area contributed by atoms with E-state index >= 15 is 0 Å². The zero-order valence-electron chi connectivity index (χ0n) is 12.1. The highest BCUT2D eigenvalue weighted by molar-refractivity contribution is 5.48. The van der Waals surface area contributed by atoms with Crippen LogP contribution in [0, 0.1) is 5.41 Å². The molecule has 2 nitrogen and oxygen atoms in total. The van der Waals surface area contributed by atoms with Crippen molar-refractivity contribution in [1.82, 2.24) is 5.32 Å². The predicted molar refractivity (Wildman–Crippen MR) is 81.1 cm³/mol. The van der Waals surface area contributed by atoms with E-state index in [4.69, 9.17) is 4.74 Å². The second-order valence-electron chi connectivity index (χ2n) is 6.15. The van der Waals surface area contributed by atoms with Gasteiger partial charge in [0.1, 0.15) is 0 Å². The Kier molecular flexibility index (Phi) is 5.17. The van der Waals surface area contributed by atoms with E-state index in [2.05, 4.69) is 43.4 Å². The van der Waals surface area contributed by atoms with Gasteiger partial charge in [-0.2, -0.15) is 0 Å². The maximum Gasteiger partial charge on any atom is 0.0650 e. The molecule has 0 heterocycles. The van der Waals surface area contributed by atoms with Crippen LogP contribution >= 0.6 is 0 Å². The Morgan fingerprint density at radius 3 is 2.68 bits per heavy atom. The SMILES string of the molecule is CC(C)(CNC1CC1)COCC=Cc1ccccc1. The molecule has 0 aliphatic heterocycles. The summed E-state index contributed by atoms with van der Waals surface area (Å²) in [6, 6.07) is 11.1. The molecule has 2 heteroatoms. The van der Waals surface area contributed by atoms with E-state index in [1.54, 1.807) is 0 Å². The van der Waals surface area contributed by atoms with Gasteiger partial charge in [-0.15, -0.1) is 0 Å². The fourth-order valence-electron chi connectivity index (χ4n) is 1.91. The summed E-state index contributed by atoms with van der Waals surface area (Å²) in [7, 11) is 0. The molecule has 0 radical (unpaired) electrons. The van der Waals surface area contributed by atoms with Gasteiger partial charge >= 0.3 is 0 Å². The molecule has 0 aromatic heterocycles. The Bertz CT molecular complexity index is 393. The molecule has 0 unspecified atom stereocenters. The summed E-state index contributed by atoms with van der Waals surface area (Å²) in [6.45, 7) is 7.03. The summed E-state index contributed by atoms with van der Waals surface area (Å²) in [5.41, 5.74) is 1.43. The zero-order valence-corrected chi connectivity index (χ0v) is 12.1. The summed E-state index contributed by atoms with van der Waals surface area (Å²) in [5.74, 6) is 0. The maximum absolute atomic E-state index is 5.75. The number of ether oxygens (including phenoxy) is 1. The first-order valence-electron chi connectivity index (χ1n) is 7.18. The number of hydrogen-bond donors (Lipinski definition) is 1. The minimum atomic E-state index is 0.211. The fraction of sp³-hybridized carbons (Fsp3) is 0.529. The van der Waals surface area contributed by atoms with Crippen LogP contribution in [0.3, 0.4) is 0 Å². The van der Waals surface area contributed by atoms with Crippen molar-refractivity contribution in [3.05, 3.63) is 42.0 Å². The second-order valence-corrected chi connectivity index (χ2v) is 6.15. The van der Waals surface area contributed by atoms with E-state index in [0.29, 0.717) is 6.61 Å². The molecular formula is C17H25NO. The van der Waals surface area contributed by atoms with Crippen molar-refractivity contribution in [2.24, 2.45) is 5.41 Å². The Morgan fingerprint density at radius 1 is 1.26 bits per heavy atom. The molecule has 1 N–H and O–H groups in total. The van der Waals surface area contributed by atoms with E-state index in [9.17, 15) is 0 Å². The number of rotatable bonds is 8. The summed E-state index contributed by atoms with van der Waals surface area (Å²) >= 11 is 0. The van der Waals surface area contributed by atoms with Crippen molar-refractivity contribution in [2.45, 2.75) is 32.7 Å². The molecule has 1 aromatic carbocycles. The molecule has 0 saturated heterocycles. The summed E-state index contributed by atoms with van der Waals surface area (Å²) in [6.07, 6.45) is 6.88. The standard InChI is InChI=1S/C17H25NO/c1-17(2,13-18-16-10-11-16)14-19-12-6-9-15-7-4-3-5-8-15/h3-9,16,18H,10-14H2,1-2H3. The summed E-state index contributed by atoms with van der Waals surface area (Å²) in [5, 5.41) is 3.57. The van der Waals surface area contributed by atoms with Crippen LogP contribution in [0.4, 0.5) is 0 Å². The molecule has 0 bridgehead atoms. The van der Waals surface area contributed by atoms with Crippen LogP contribution in [0.5, 0.6) is 0 Å². The van der Waals surface area contributed by atoms with Crippen LogP contribution in [0.2, 0.25) is 0 Å². The molecule has 0 spiro atoms. The molecule has 1 aromatic rings. The van der Waals surface area contributed by atoms with Crippen LogP contribution < -0.4 is 5.32 Å². The van der Waals surface area contributed by atoms with Gasteiger partial charge in [-0.05, 0) is 18.4 Å². The number of nitrogens with one attached hydrogen (secondary N) is 1. The first-order valence-corrected chi connectivity index (χ1v) is 7.18. The lowest BCUT2D eigenvalue weighted by Crippen LogP contribution is -2.34. The van der Waals surface area contributed by atoms with Crippen molar-refractivity contribution in [3.63, 3.8) is 0 Å². The van der Waals surface area contributed by atoms with Crippen LogP contribution in [-0.2, 0) is 4.74 Å². The van der Waals surface area contributed by atoms with Crippen LogP contribution in [0.15, 0.2) is 36.4 Å². The van der Waals surface area contributed by atoms with Crippen LogP contribution in [0.1, 0.15) is 32.3 Å². The van der Waals surface area contributed by atoms with Crippen LogP contribution in [0.25, 0.3) is 6.08 Å². The van der Waals surface area contributed by atoms with Crippen molar-refractivity contribution in [3.8, 4) is 0 Å². The first kappa shape index (κ1) is 14.3. The highest BCUT2D eigenvalue weighted by Gasteiger charge is 2.25. The van der Waals surface area contributed by atoms with Gasteiger partial charge in [-0.3, -0.25) is 0 Å². The Hall–Kier alpha value is -1.12. The predicted octanol–water partition coefficient (Wildman–Crippen LogP) is 3.49. The highest BCUT2D eigenvalue weighted by Crippen LogP contribution is 2.21. The smallest absolute Gasteiger partial charge is 0.0650 e. The minimum Gasteiger partial charge on any atom is -0.377 e. The molecule has 1 fully saturated rings. The third-order valence-corrected chi connectivity index (χ3v) is 3.26. The molecule has 0 amide bonds. The van der Waals surface area contributed by atoms with Gasteiger partial charge < -0.3 is 10.1 Å². The van der Waals surface area contributed by atoms with Crippen LogP contribution in [-0.4, -0.2) is 25.8 Å². The van der Waals surface area contributed by atoms with E-state index < -0.39 is 0 Å². The van der Waals surface area contributed by atoms with Crippen molar-refractivity contribution in [1.29, 1.82) is 0 Å². The molecular weight excluding hydrogens is 234 g/mol. The summed E-state index contributed by atoms with van der Waals surface area (Å²) < 4.78 is 5.75. The molecule has 0 atom stereocenters. The third kappa shape index (κ3) is 6.04. The molecule has 104 valence electrons. The second kappa shape index (κ2) is 6.88. The molecule has 1 saturated carbocycles. The van der Waals surface area contributed by atoms with Gasteiger partial charge in [0.05, 0.1) is 13.2 Å². The monoisotopic (exact) mass is 259 g/mol. The molecule has 1 aliphatic rings. The normalized spacial score (nSPS) is 16.1. The third-order valence-electron chi connectivity index (χ3n) is 3.26. The number of hydrogen-bond acceptors (Lipinski definition) is 2. The minimum absolute atomic E-state index is 0.211. The average Bonchev–Trinajstić information content (AvgIpc) is 3.21. The van der Waals surface area contributed by atoms with Crippen molar-refractivity contribution in [2.75, 3.05) is 19.8 Å². The quantitative estimate of drug-likeness (QED) is 0.722. The maximum atomic E-state index is 5.75. The fourth-order valence-corrected chi connectivity index (χ4v) is 1.91. The summed E-state index contributed by atoms with van der Waals surface area (Å²) in [4.78, 5) is 0. The lowest BCUT2D eigenvalue weighted by Gasteiger charge is -2.24. The van der Waals surface area contributed by atoms with Gasteiger partial charge in [-0.1, -0.05) is 56.3 Å². The molecule has 1 aliphatic carbocycles. The molecule has 19 heavy (non-hydrogen) atoms.